The van der Waals surface area contributed by atoms with Crippen molar-refractivity contribution in [2.75, 3.05) is 6.54 Å². The second kappa shape index (κ2) is 7.26. The molecule has 1 aromatic rings. The van der Waals surface area contributed by atoms with E-state index >= 15 is 0 Å². The van der Waals surface area contributed by atoms with Crippen LogP contribution < -0.4 is 5.73 Å². The van der Waals surface area contributed by atoms with Gasteiger partial charge in [0.2, 0.25) is 5.69 Å². The van der Waals surface area contributed by atoms with E-state index in [0.717, 1.165) is 11.3 Å². The standard InChI is InChI=1S/C15H20F2N2O2/c1-3-19(12-7-5-11(2)6-8-12)10-4-9-15(18,13(16)17)14(20)21/h3,5-8,13H,4,9-10,18H2,1-2H3/p+1. The molecular formula is C15H21F2N2O2+. The average molecular weight is 299 g/mol. The van der Waals surface area contributed by atoms with Gasteiger partial charge in [0, 0.05) is 25.5 Å². The highest BCUT2D eigenvalue weighted by Gasteiger charge is 2.43. The quantitative estimate of drug-likeness (QED) is 0.600. The third-order valence-electron chi connectivity index (χ3n) is 3.45. The number of aryl methyl sites for hydroxylation is 1. The number of rotatable bonds is 7. The van der Waals surface area contributed by atoms with E-state index in [0.29, 0.717) is 6.54 Å². The first-order valence-corrected chi connectivity index (χ1v) is 6.74. The number of carbonyl (C=O) groups is 1. The van der Waals surface area contributed by atoms with Gasteiger partial charge in [-0.25, -0.2) is 18.2 Å². The Morgan fingerprint density at radius 2 is 2.00 bits per heavy atom. The summed E-state index contributed by atoms with van der Waals surface area (Å²) in [5.74, 6) is -1.67. The van der Waals surface area contributed by atoms with Gasteiger partial charge in [0.25, 0.3) is 6.43 Å². The topological polar surface area (TPSA) is 66.3 Å². The normalized spacial score (nSPS) is 15.0. The fraction of sp³-hybridized carbons (Fsp3) is 0.467. The van der Waals surface area contributed by atoms with Crippen LogP contribution in [0.25, 0.3) is 0 Å². The molecule has 0 saturated carbocycles. The van der Waals surface area contributed by atoms with Gasteiger partial charge in [-0.2, -0.15) is 0 Å². The summed E-state index contributed by atoms with van der Waals surface area (Å²) < 4.78 is 27.4. The van der Waals surface area contributed by atoms with Crippen molar-refractivity contribution < 1.29 is 23.3 Å². The Morgan fingerprint density at radius 3 is 2.43 bits per heavy atom. The molecule has 1 rings (SSSR count). The summed E-state index contributed by atoms with van der Waals surface area (Å²) in [6.45, 7) is 4.24. The molecule has 0 bridgehead atoms. The zero-order valence-corrected chi connectivity index (χ0v) is 12.2. The van der Waals surface area contributed by atoms with Gasteiger partial charge in [0.15, 0.2) is 5.54 Å². The summed E-state index contributed by atoms with van der Waals surface area (Å²) in [5.41, 5.74) is 4.87. The summed E-state index contributed by atoms with van der Waals surface area (Å²) in [5, 5.41) is 8.85. The Hall–Kier alpha value is -1.82. The molecule has 0 aliphatic carbocycles. The van der Waals surface area contributed by atoms with Crippen LogP contribution in [0.4, 0.5) is 14.5 Å². The lowest BCUT2D eigenvalue weighted by Crippen LogP contribution is -2.54. The van der Waals surface area contributed by atoms with Crippen LogP contribution in [0.15, 0.2) is 24.3 Å². The van der Waals surface area contributed by atoms with Gasteiger partial charge in [0.1, 0.15) is 12.8 Å². The van der Waals surface area contributed by atoms with E-state index in [4.69, 9.17) is 10.8 Å². The first-order valence-electron chi connectivity index (χ1n) is 6.74. The molecule has 1 aromatic carbocycles. The first kappa shape index (κ1) is 17.2. The second-order valence-electron chi connectivity index (χ2n) is 5.04. The Morgan fingerprint density at radius 1 is 1.43 bits per heavy atom. The van der Waals surface area contributed by atoms with Crippen molar-refractivity contribution in [1.82, 2.24) is 0 Å². The lowest BCUT2D eigenvalue weighted by Gasteiger charge is -2.22. The SMILES string of the molecule is CC=[N+](CCCC(N)(C(=O)O)C(F)F)c1ccc(C)cc1. The molecule has 0 saturated heterocycles. The molecule has 21 heavy (non-hydrogen) atoms. The molecule has 0 heterocycles. The summed E-state index contributed by atoms with van der Waals surface area (Å²) >= 11 is 0. The minimum atomic E-state index is -3.09. The Labute approximate surface area is 122 Å². The molecule has 0 aliphatic rings. The van der Waals surface area contributed by atoms with Gasteiger partial charge in [-0.3, -0.25) is 0 Å². The number of benzene rings is 1. The molecule has 0 amide bonds. The molecule has 0 fully saturated rings. The molecule has 116 valence electrons. The van der Waals surface area contributed by atoms with Crippen molar-refractivity contribution >= 4 is 17.9 Å². The maximum atomic E-state index is 12.8. The van der Waals surface area contributed by atoms with Crippen LogP contribution in [0.3, 0.4) is 0 Å². The number of hydrogen-bond donors (Lipinski definition) is 2. The minimum absolute atomic E-state index is 0.255. The van der Waals surface area contributed by atoms with Crippen LogP contribution in [0, 0.1) is 6.92 Å². The molecule has 4 nitrogen and oxygen atoms in total. The van der Waals surface area contributed by atoms with Crippen molar-refractivity contribution in [3.63, 3.8) is 0 Å². The summed E-state index contributed by atoms with van der Waals surface area (Å²) in [6, 6.07) is 7.76. The Kier molecular flexibility index (Phi) is 5.96. The molecule has 1 unspecified atom stereocenters. The van der Waals surface area contributed by atoms with Gasteiger partial charge in [-0.05, 0) is 13.3 Å². The fourth-order valence-corrected chi connectivity index (χ4v) is 1.99. The van der Waals surface area contributed by atoms with E-state index in [9.17, 15) is 13.6 Å². The zero-order valence-electron chi connectivity index (χ0n) is 12.2. The van der Waals surface area contributed by atoms with E-state index in [1.807, 2.05) is 48.9 Å². The predicted molar refractivity (Wildman–Crippen MR) is 77.5 cm³/mol. The number of carboxylic acid groups (broad SMARTS) is 1. The Balaban J connectivity index is 2.69. The molecule has 6 heteroatoms. The smallest absolute Gasteiger partial charge is 0.329 e. The fourth-order valence-electron chi connectivity index (χ4n) is 1.99. The van der Waals surface area contributed by atoms with Crippen LogP contribution in [-0.2, 0) is 4.79 Å². The number of alkyl halides is 2. The molecular weight excluding hydrogens is 278 g/mol. The Bertz CT molecular complexity index is 515. The van der Waals surface area contributed by atoms with Gasteiger partial charge in [-0.15, -0.1) is 0 Å². The lowest BCUT2D eigenvalue weighted by molar-refractivity contribution is -0.437. The van der Waals surface area contributed by atoms with Crippen LogP contribution in [0.5, 0.6) is 0 Å². The summed E-state index contributed by atoms with van der Waals surface area (Å²) in [7, 11) is 0. The van der Waals surface area contributed by atoms with Gasteiger partial charge in [0.05, 0.1) is 0 Å². The number of aliphatic carboxylic acids is 1. The van der Waals surface area contributed by atoms with Crippen molar-refractivity contribution in [3.05, 3.63) is 29.8 Å². The highest BCUT2D eigenvalue weighted by molar-refractivity contribution is 5.79. The number of halogens is 2. The summed E-state index contributed by atoms with van der Waals surface area (Å²) in [4.78, 5) is 10.9. The number of carboxylic acids is 1. The van der Waals surface area contributed by atoms with Gasteiger partial charge in [-0.1, -0.05) is 17.7 Å². The largest absolute Gasteiger partial charge is 0.480 e. The molecule has 0 aromatic heterocycles. The lowest BCUT2D eigenvalue weighted by atomic mass is 9.95. The van der Waals surface area contributed by atoms with Gasteiger partial charge < -0.3 is 10.8 Å². The van der Waals surface area contributed by atoms with Crippen molar-refractivity contribution in [2.45, 2.75) is 38.7 Å². The monoisotopic (exact) mass is 299 g/mol. The predicted octanol–water partition coefficient (Wildman–Crippen LogP) is 2.56. The highest BCUT2D eigenvalue weighted by atomic mass is 19.3. The summed E-state index contributed by atoms with van der Waals surface area (Å²) in [6.07, 6.45) is -1.29. The average Bonchev–Trinajstić information content (AvgIpc) is 2.44. The first-order chi connectivity index (χ1) is 9.81. The van der Waals surface area contributed by atoms with E-state index in [-0.39, 0.29) is 12.8 Å². The van der Waals surface area contributed by atoms with Gasteiger partial charge >= 0.3 is 5.97 Å². The van der Waals surface area contributed by atoms with Crippen molar-refractivity contribution in [3.8, 4) is 0 Å². The number of nitrogens with two attached hydrogens (primary N) is 1. The van der Waals surface area contributed by atoms with Crippen LogP contribution >= 0.6 is 0 Å². The van der Waals surface area contributed by atoms with E-state index < -0.39 is 17.9 Å². The second-order valence-corrected chi connectivity index (χ2v) is 5.04. The van der Waals surface area contributed by atoms with Crippen molar-refractivity contribution in [2.24, 2.45) is 5.73 Å². The molecule has 0 aliphatic heterocycles. The molecule has 0 spiro atoms. The molecule has 3 N–H and O–H groups in total. The van der Waals surface area contributed by atoms with E-state index in [1.54, 1.807) is 0 Å². The number of hydrogen-bond acceptors (Lipinski definition) is 2. The van der Waals surface area contributed by atoms with E-state index in [2.05, 4.69) is 0 Å². The maximum absolute atomic E-state index is 12.8. The zero-order chi connectivity index (χ0) is 16.0. The maximum Gasteiger partial charge on any atom is 0.329 e. The minimum Gasteiger partial charge on any atom is -0.480 e. The molecule has 1 atom stereocenters. The third kappa shape index (κ3) is 4.32. The third-order valence-corrected chi connectivity index (χ3v) is 3.45. The van der Waals surface area contributed by atoms with Crippen LogP contribution in [0.1, 0.15) is 25.3 Å². The highest BCUT2D eigenvalue weighted by Crippen LogP contribution is 2.20. The molecule has 0 radical (unpaired) electrons. The number of nitrogens with zero attached hydrogens (tertiary/aromatic N) is 1. The van der Waals surface area contributed by atoms with E-state index in [1.165, 1.54) is 0 Å². The van der Waals surface area contributed by atoms with Crippen LogP contribution in [0.2, 0.25) is 0 Å². The van der Waals surface area contributed by atoms with Crippen molar-refractivity contribution in [1.29, 1.82) is 0 Å². The van der Waals surface area contributed by atoms with Crippen LogP contribution in [-0.4, -0.2) is 40.4 Å².